The Morgan fingerprint density at radius 2 is 1.86 bits per heavy atom. The van der Waals surface area contributed by atoms with Gasteiger partial charge in [-0.3, -0.25) is 0 Å². The molecule has 1 aromatic rings. The lowest BCUT2D eigenvalue weighted by Crippen LogP contribution is -2.38. The molecule has 1 unspecified atom stereocenters. The molecule has 29 heavy (non-hydrogen) atoms. The van der Waals surface area contributed by atoms with Crippen LogP contribution in [0, 0.1) is 0 Å². The first-order valence-corrected chi connectivity index (χ1v) is 10.2. The fraction of sp³-hybridized carbons (Fsp3) is 0.667. The number of nitrogens with zero attached hydrogens (tertiary/aromatic N) is 1. The largest absolute Gasteiger partial charge is 0.496 e. The van der Waals surface area contributed by atoms with Crippen LogP contribution in [0.25, 0.3) is 0 Å². The van der Waals surface area contributed by atoms with Crippen LogP contribution < -0.4 is 24.8 Å². The summed E-state index contributed by atoms with van der Waals surface area (Å²) in [6.45, 7) is 6.31. The first kappa shape index (κ1) is 23.1. The van der Waals surface area contributed by atoms with Crippen molar-refractivity contribution in [1.82, 2.24) is 10.6 Å². The topological polar surface area (TPSA) is 82.6 Å². The monoisotopic (exact) mass is 409 g/mol. The quantitative estimate of drug-likeness (QED) is 0.311. The van der Waals surface area contributed by atoms with E-state index in [9.17, 15) is 0 Å². The zero-order valence-corrected chi connectivity index (χ0v) is 18.1. The summed E-state index contributed by atoms with van der Waals surface area (Å²) in [5.41, 5.74) is 0.919. The Morgan fingerprint density at radius 1 is 1.10 bits per heavy atom. The van der Waals surface area contributed by atoms with Gasteiger partial charge in [-0.1, -0.05) is 0 Å². The van der Waals surface area contributed by atoms with Gasteiger partial charge in [-0.25, -0.2) is 4.99 Å². The number of hydrogen-bond donors (Lipinski definition) is 2. The minimum Gasteiger partial charge on any atom is -0.496 e. The van der Waals surface area contributed by atoms with Crippen molar-refractivity contribution in [1.29, 1.82) is 0 Å². The molecule has 1 aliphatic heterocycles. The van der Waals surface area contributed by atoms with Gasteiger partial charge in [-0.15, -0.1) is 0 Å². The smallest absolute Gasteiger partial charge is 0.191 e. The van der Waals surface area contributed by atoms with E-state index in [0.29, 0.717) is 37.0 Å². The SMILES string of the molecule is CCNC(=NCc1cc(OC)c(OC)cc1OC)NCCCOCC1CCCO1. The summed E-state index contributed by atoms with van der Waals surface area (Å²) in [6, 6.07) is 3.71. The highest BCUT2D eigenvalue weighted by molar-refractivity contribution is 5.79. The normalized spacial score (nSPS) is 16.6. The van der Waals surface area contributed by atoms with Crippen LogP contribution in [0.3, 0.4) is 0 Å². The van der Waals surface area contributed by atoms with Crippen LogP contribution >= 0.6 is 0 Å². The summed E-state index contributed by atoms with van der Waals surface area (Å²) in [7, 11) is 4.85. The van der Waals surface area contributed by atoms with E-state index in [-0.39, 0.29) is 6.10 Å². The second-order valence-electron chi connectivity index (χ2n) is 6.70. The van der Waals surface area contributed by atoms with Crippen molar-refractivity contribution in [2.45, 2.75) is 38.8 Å². The van der Waals surface area contributed by atoms with Crippen molar-refractivity contribution in [3.05, 3.63) is 17.7 Å². The molecule has 8 nitrogen and oxygen atoms in total. The van der Waals surface area contributed by atoms with Gasteiger partial charge in [0, 0.05) is 37.9 Å². The average molecular weight is 410 g/mol. The summed E-state index contributed by atoms with van der Waals surface area (Å²) < 4.78 is 27.4. The van der Waals surface area contributed by atoms with Crippen molar-refractivity contribution in [2.75, 3.05) is 54.2 Å². The second-order valence-corrected chi connectivity index (χ2v) is 6.70. The zero-order chi connectivity index (χ0) is 20.9. The fourth-order valence-electron chi connectivity index (χ4n) is 3.09. The third-order valence-electron chi connectivity index (χ3n) is 4.62. The Bertz CT molecular complexity index is 633. The Balaban J connectivity index is 1.84. The molecular weight excluding hydrogens is 374 g/mol. The molecule has 8 heteroatoms. The van der Waals surface area contributed by atoms with Gasteiger partial charge in [-0.05, 0) is 32.3 Å². The maximum absolute atomic E-state index is 5.70. The average Bonchev–Trinajstić information content (AvgIpc) is 3.27. The minimum atomic E-state index is 0.276. The number of guanidine groups is 1. The first-order valence-electron chi connectivity index (χ1n) is 10.2. The molecule has 0 aliphatic carbocycles. The highest BCUT2D eigenvalue weighted by Gasteiger charge is 2.15. The summed E-state index contributed by atoms with van der Waals surface area (Å²) in [5.74, 6) is 2.75. The number of rotatable bonds is 12. The Morgan fingerprint density at radius 3 is 2.52 bits per heavy atom. The molecule has 2 N–H and O–H groups in total. The molecule has 2 rings (SSSR count). The van der Waals surface area contributed by atoms with Gasteiger partial charge in [0.15, 0.2) is 17.5 Å². The van der Waals surface area contributed by atoms with Crippen molar-refractivity contribution >= 4 is 5.96 Å². The molecule has 1 heterocycles. The Labute approximate surface area is 173 Å². The van der Waals surface area contributed by atoms with E-state index >= 15 is 0 Å². The zero-order valence-electron chi connectivity index (χ0n) is 18.1. The van der Waals surface area contributed by atoms with Crippen molar-refractivity contribution in [3.8, 4) is 17.2 Å². The molecule has 1 aromatic carbocycles. The van der Waals surface area contributed by atoms with E-state index in [2.05, 4.69) is 15.6 Å². The van der Waals surface area contributed by atoms with Crippen LogP contribution in [0.2, 0.25) is 0 Å². The maximum atomic E-state index is 5.70. The van der Waals surface area contributed by atoms with E-state index in [1.807, 2.05) is 19.1 Å². The van der Waals surface area contributed by atoms with Crippen LogP contribution in [0.4, 0.5) is 0 Å². The molecule has 164 valence electrons. The Hall–Kier alpha value is -2.19. The Kier molecular flexibility index (Phi) is 10.4. The first-order chi connectivity index (χ1) is 14.2. The highest BCUT2D eigenvalue weighted by Crippen LogP contribution is 2.34. The third-order valence-corrected chi connectivity index (χ3v) is 4.62. The standard InChI is InChI=1S/C21H35N3O5/c1-5-22-21(23-9-7-10-28-15-17-8-6-11-29-17)24-14-16-12-19(26-3)20(27-4)13-18(16)25-2/h12-13,17H,5-11,14-15H2,1-4H3,(H2,22,23,24). The molecule has 0 spiro atoms. The number of methoxy groups -OCH3 is 3. The van der Waals surface area contributed by atoms with Gasteiger partial charge in [0.05, 0.1) is 40.6 Å². The number of benzene rings is 1. The summed E-state index contributed by atoms with van der Waals surface area (Å²) in [5, 5.41) is 6.60. The van der Waals surface area contributed by atoms with Gasteiger partial charge in [0.25, 0.3) is 0 Å². The third kappa shape index (κ3) is 7.62. The van der Waals surface area contributed by atoms with Gasteiger partial charge < -0.3 is 34.3 Å². The van der Waals surface area contributed by atoms with E-state index < -0.39 is 0 Å². The van der Waals surface area contributed by atoms with Crippen molar-refractivity contribution < 1.29 is 23.7 Å². The van der Waals surface area contributed by atoms with E-state index in [1.165, 1.54) is 0 Å². The van der Waals surface area contributed by atoms with Crippen LogP contribution in [-0.4, -0.2) is 66.3 Å². The predicted molar refractivity (Wildman–Crippen MR) is 113 cm³/mol. The summed E-state index contributed by atoms with van der Waals surface area (Å²) >= 11 is 0. The highest BCUT2D eigenvalue weighted by atomic mass is 16.5. The second kappa shape index (κ2) is 13.1. The van der Waals surface area contributed by atoms with Crippen LogP contribution in [0.1, 0.15) is 31.7 Å². The molecule has 0 saturated carbocycles. The van der Waals surface area contributed by atoms with Crippen molar-refractivity contribution in [3.63, 3.8) is 0 Å². The molecule has 1 saturated heterocycles. The summed E-state index contributed by atoms with van der Waals surface area (Å²) in [6.07, 6.45) is 3.42. The lowest BCUT2D eigenvalue weighted by molar-refractivity contribution is 0.0168. The van der Waals surface area contributed by atoms with Gasteiger partial charge in [0.2, 0.25) is 0 Å². The van der Waals surface area contributed by atoms with Crippen LogP contribution in [0.5, 0.6) is 17.2 Å². The van der Waals surface area contributed by atoms with Crippen LogP contribution in [0.15, 0.2) is 17.1 Å². The molecule has 1 aliphatic rings. The summed E-state index contributed by atoms with van der Waals surface area (Å²) in [4.78, 5) is 4.66. The van der Waals surface area contributed by atoms with Crippen LogP contribution in [-0.2, 0) is 16.0 Å². The number of nitrogens with one attached hydrogen (secondary N) is 2. The molecule has 0 bridgehead atoms. The van der Waals surface area contributed by atoms with Gasteiger partial charge >= 0.3 is 0 Å². The molecule has 0 aromatic heterocycles. The molecule has 1 fully saturated rings. The fourth-order valence-corrected chi connectivity index (χ4v) is 3.09. The minimum absolute atomic E-state index is 0.276. The molecule has 1 atom stereocenters. The molecule has 0 amide bonds. The lowest BCUT2D eigenvalue weighted by atomic mass is 10.1. The van der Waals surface area contributed by atoms with Crippen molar-refractivity contribution in [2.24, 2.45) is 4.99 Å². The predicted octanol–water partition coefficient (Wildman–Crippen LogP) is 2.35. The van der Waals surface area contributed by atoms with E-state index in [4.69, 9.17) is 23.7 Å². The van der Waals surface area contributed by atoms with Gasteiger partial charge in [-0.2, -0.15) is 0 Å². The maximum Gasteiger partial charge on any atom is 0.191 e. The lowest BCUT2D eigenvalue weighted by Gasteiger charge is -2.15. The van der Waals surface area contributed by atoms with Gasteiger partial charge in [0.1, 0.15) is 5.75 Å². The van der Waals surface area contributed by atoms with E-state index in [1.54, 1.807) is 21.3 Å². The number of aliphatic imine (C=N–C) groups is 1. The molecule has 0 radical (unpaired) electrons. The number of hydrogen-bond acceptors (Lipinski definition) is 6. The molecular formula is C21H35N3O5. The van der Waals surface area contributed by atoms with E-state index in [0.717, 1.165) is 50.5 Å². The number of ether oxygens (including phenoxy) is 5.